The van der Waals surface area contributed by atoms with E-state index < -0.39 is 21.9 Å². The summed E-state index contributed by atoms with van der Waals surface area (Å²) >= 11 is 11.7. The average Bonchev–Trinajstić information content (AvgIpc) is 2.37. The summed E-state index contributed by atoms with van der Waals surface area (Å²) in [5.74, 6) is -1.84. The van der Waals surface area contributed by atoms with E-state index in [0.717, 1.165) is 0 Å². The van der Waals surface area contributed by atoms with Gasteiger partial charge in [-0.3, -0.25) is 4.79 Å². The van der Waals surface area contributed by atoms with E-state index in [9.17, 15) is 13.2 Å². The summed E-state index contributed by atoms with van der Waals surface area (Å²) in [6, 6.07) is 4.62. The molecule has 1 aliphatic heterocycles. The number of piperidine rings is 1. The number of rotatable bonds is 4. The molecule has 1 saturated heterocycles. The third kappa shape index (κ3) is 4.32. The van der Waals surface area contributed by atoms with E-state index in [-0.39, 0.29) is 12.3 Å². The highest BCUT2D eigenvalue weighted by molar-refractivity contribution is 7.88. The van der Waals surface area contributed by atoms with E-state index in [1.54, 1.807) is 12.1 Å². The largest absolute Gasteiger partial charge is 0.481 e. The summed E-state index contributed by atoms with van der Waals surface area (Å²) in [4.78, 5) is 11.0. The van der Waals surface area contributed by atoms with Crippen LogP contribution in [0.5, 0.6) is 0 Å². The van der Waals surface area contributed by atoms with Crippen molar-refractivity contribution in [2.24, 2.45) is 5.92 Å². The van der Waals surface area contributed by atoms with Crippen molar-refractivity contribution in [2.45, 2.75) is 18.6 Å². The predicted octanol–water partition coefficient (Wildman–Crippen LogP) is 2.62. The van der Waals surface area contributed by atoms with Crippen molar-refractivity contribution in [1.82, 2.24) is 4.31 Å². The zero-order valence-corrected chi connectivity index (χ0v) is 13.5. The molecule has 1 heterocycles. The van der Waals surface area contributed by atoms with E-state index in [1.165, 1.54) is 10.4 Å². The molecular formula is C13H15Cl2NO4S. The zero-order chi connectivity index (χ0) is 15.6. The summed E-state index contributed by atoms with van der Waals surface area (Å²) in [5, 5.41) is 9.77. The van der Waals surface area contributed by atoms with Crippen molar-refractivity contribution in [3.8, 4) is 0 Å². The highest BCUT2D eigenvalue weighted by Gasteiger charge is 2.32. The Bertz CT molecular complexity index is 627. The summed E-state index contributed by atoms with van der Waals surface area (Å²) in [7, 11) is -3.58. The number of hydrogen-bond acceptors (Lipinski definition) is 3. The molecular weight excluding hydrogens is 337 g/mol. The highest BCUT2D eigenvalue weighted by Crippen LogP contribution is 2.24. The fourth-order valence-corrected chi connectivity index (χ4v) is 4.55. The van der Waals surface area contributed by atoms with Crippen LogP contribution in [0.2, 0.25) is 10.0 Å². The van der Waals surface area contributed by atoms with Gasteiger partial charge in [-0.1, -0.05) is 23.2 Å². The molecule has 0 spiro atoms. The normalized spacial score (nSPS) is 20.4. The topological polar surface area (TPSA) is 74.7 Å². The molecule has 1 atom stereocenters. The minimum absolute atomic E-state index is 0.0198. The molecule has 1 N–H and O–H groups in total. The SMILES string of the molecule is O=C(O)C1CCCN(S(=O)(=O)Cc2cc(Cl)cc(Cl)c2)C1. The summed E-state index contributed by atoms with van der Waals surface area (Å²) in [6.45, 7) is 0.367. The van der Waals surface area contributed by atoms with E-state index in [4.69, 9.17) is 28.3 Å². The van der Waals surface area contributed by atoms with Gasteiger partial charge in [-0.2, -0.15) is 0 Å². The molecule has 1 unspecified atom stereocenters. The Kier molecular flexibility index (Phi) is 5.14. The van der Waals surface area contributed by atoms with Gasteiger partial charge in [0.2, 0.25) is 10.0 Å². The van der Waals surface area contributed by atoms with Gasteiger partial charge in [0.15, 0.2) is 0 Å². The van der Waals surface area contributed by atoms with Crippen molar-refractivity contribution >= 4 is 39.2 Å². The Balaban J connectivity index is 2.16. The maximum Gasteiger partial charge on any atom is 0.307 e. The number of aliphatic carboxylic acids is 1. The lowest BCUT2D eigenvalue weighted by Gasteiger charge is -2.29. The third-order valence-electron chi connectivity index (χ3n) is 3.40. The lowest BCUT2D eigenvalue weighted by molar-refractivity contribution is -0.142. The first-order valence-corrected chi connectivity index (χ1v) is 8.80. The van der Waals surface area contributed by atoms with Crippen LogP contribution < -0.4 is 0 Å². The molecule has 1 aromatic rings. The van der Waals surface area contributed by atoms with E-state index in [0.29, 0.717) is 35.0 Å². The molecule has 0 amide bonds. The van der Waals surface area contributed by atoms with Crippen molar-refractivity contribution in [2.75, 3.05) is 13.1 Å². The van der Waals surface area contributed by atoms with Crippen molar-refractivity contribution in [1.29, 1.82) is 0 Å². The molecule has 0 bridgehead atoms. The van der Waals surface area contributed by atoms with Crippen LogP contribution in [-0.4, -0.2) is 36.9 Å². The number of carboxylic acids is 1. The molecule has 116 valence electrons. The smallest absolute Gasteiger partial charge is 0.307 e. The van der Waals surface area contributed by atoms with E-state index in [2.05, 4.69) is 0 Å². The Morgan fingerprint density at radius 2 is 1.90 bits per heavy atom. The number of hydrogen-bond donors (Lipinski definition) is 1. The van der Waals surface area contributed by atoms with Gasteiger partial charge in [0, 0.05) is 23.1 Å². The van der Waals surface area contributed by atoms with Gasteiger partial charge in [0.05, 0.1) is 11.7 Å². The maximum atomic E-state index is 12.4. The lowest BCUT2D eigenvalue weighted by Crippen LogP contribution is -2.42. The first kappa shape index (κ1) is 16.5. The Hall–Kier alpha value is -0.820. The molecule has 0 aliphatic carbocycles. The molecule has 21 heavy (non-hydrogen) atoms. The van der Waals surface area contributed by atoms with Crippen LogP contribution >= 0.6 is 23.2 Å². The van der Waals surface area contributed by atoms with Gasteiger partial charge >= 0.3 is 5.97 Å². The summed E-state index contributed by atoms with van der Waals surface area (Å²) < 4.78 is 26.0. The van der Waals surface area contributed by atoms with Crippen molar-refractivity contribution in [3.63, 3.8) is 0 Å². The number of sulfonamides is 1. The zero-order valence-electron chi connectivity index (χ0n) is 11.1. The molecule has 1 aliphatic rings. The van der Waals surface area contributed by atoms with Gasteiger partial charge in [-0.05, 0) is 36.6 Å². The van der Waals surface area contributed by atoms with Crippen LogP contribution in [-0.2, 0) is 20.6 Å². The fourth-order valence-electron chi connectivity index (χ4n) is 2.39. The first-order valence-electron chi connectivity index (χ1n) is 6.43. The van der Waals surface area contributed by atoms with Gasteiger partial charge in [-0.15, -0.1) is 0 Å². The van der Waals surface area contributed by atoms with Crippen LogP contribution in [0.3, 0.4) is 0 Å². The van der Waals surface area contributed by atoms with Gasteiger partial charge < -0.3 is 5.11 Å². The van der Waals surface area contributed by atoms with Crippen LogP contribution in [0.4, 0.5) is 0 Å². The minimum Gasteiger partial charge on any atom is -0.481 e. The second-order valence-corrected chi connectivity index (χ2v) is 7.91. The molecule has 5 nitrogen and oxygen atoms in total. The summed E-state index contributed by atoms with van der Waals surface area (Å²) in [6.07, 6.45) is 1.05. The van der Waals surface area contributed by atoms with Crippen LogP contribution in [0.25, 0.3) is 0 Å². The summed E-state index contributed by atoms with van der Waals surface area (Å²) in [5.41, 5.74) is 0.491. The predicted molar refractivity (Wildman–Crippen MR) is 81.0 cm³/mol. The lowest BCUT2D eigenvalue weighted by atomic mass is 10.0. The van der Waals surface area contributed by atoms with Gasteiger partial charge in [0.25, 0.3) is 0 Å². The van der Waals surface area contributed by atoms with Crippen LogP contribution in [0, 0.1) is 5.92 Å². The van der Waals surface area contributed by atoms with Crippen molar-refractivity contribution in [3.05, 3.63) is 33.8 Å². The van der Waals surface area contributed by atoms with Crippen LogP contribution in [0.1, 0.15) is 18.4 Å². The molecule has 1 fully saturated rings. The number of carbonyl (C=O) groups is 1. The third-order valence-corrected chi connectivity index (χ3v) is 5.65. The van der Waals surface area contributed by atoms with Gasteiger partial charge in [-0.25, -0.2) is 12.7 Å². The van der Waals surface area contributed by atoms with E-state index in [1.807, 2.05) is 0 Å². The Morgan fingerprint density at radius 3 is 2.48 bits per heavy atom. The molecule has 0 radical (unpaired) electrons. The quantitative estimate of drug-likeness (QED) is 0.904. The molecule has 0 aromatic heterocycles. The minimum atomic E-state index is -3.58. The monoisotopic (exact) mass is 351 g/mol. The fraction of sp³-hybridized carbons (Fsp3) is 0.462. The van der Waals surface area contributed by atoms with Crippen molar-refractivity contribution < 1.29 is 18.3 Å². The van der Waals surface area contributed by atoms with E-state index >= 15 is 0 Å². The first-order chi connectivity index (χ1) is 9.78. The standard InChI is InChI=1S/C13H15Cl2NO4S/c14-11-4-9(5-12(15)6-11)8-21(19,20)16-3-1-2-10(7-16)13(17)18/h4-6,10H,1-3,7-8H2,(H,17,18). The van der Waals surface area contributed by atoms with Gasteiger partial charge in [0.1, 0.15) is 0 Å². The Morgan fingerprint density at radius 1 is 1.29 bits per heavy atom. The second-order valence-electron chi connectivity index (χ2n) is 5.07. The Labute approximate surface area is 133 Å². The second kappa shape index (κ2) is 6.52. The number of halogens is 2. The van der Waals surface area contributed by atoms with Crippen LogP contribution in [0.15, 0.2) is 18.2 Å². The highest BCUT2D eigenvalue weighted by atomic mass is 35.5. The number of benzene rings is 1. The maximum absolute atomic E-state index is 12.4. The molecule has 1 aromatic carbocycles. The number of nitrogens with zero attached hydrogens (tertiary/aromatic N) is 1. The molecule has 8 heteroatoms. The average molecular weight is 352 g/mol. The molecule has 0 saturated carbocycles. The number of carboxylic acid groups (broad SMARTS) is 1. The molecule has 2 rings (SSSR count).